The van der Waals surface area contributed by atoms with Crippen molar-refractivity contribution in [1.29, 1.82) is 0 Å². The molecular weight excluding hydrogens is 727 g/mol. The van der Waals surface area contributed by atoms with Gasteiger partial charge in [0.25, 0.3) is 0 Å². The second-order valence-electron chi connectivity index (χ2n) is 17.3. The number of carbonyl (C=O) groups excluding carboxylic acids is 2. The van der Waals surface area contributed by atoms with Crippen molar-refractivity contribution in [3.05, 3.63) is 36.5 Å². The van der Waals surface area contributed by atoms with Crippen molar-refractivity contribution in [2.45, 2.75) is 225 Å². The molecule has 58 heavy (non-hydrogen) atoms. The van der Waals surface area contributed by atoms with E-state index in [9.17, 15) is 19.5 Å². The fourth-order valence-electron chi connectivity index (χ4n) is 7.11. The van der Waals surface area contributed by atoms with Gasteiger partial charge in [-0.2, -0.15) is 0 Å². The third-order valence-electron chi connectivity index (χ3n) is 10.8. The van der Waals surface area contributed by atoms with Gasteiger partial charge in [-0.05, 0) is 44.9 Å². The number of carbonyl (C=O) groups is 3. The summed E-state index contributed by atoms with van der Waals surface area (Å²) in [4.78, 5) is 37.1. The number of likely N-dealkylation sites (N-methyl/N-ethyl adjacent to an activating group) is 1. The van der Waals surface area contributed by atoms with Crippen molar-refractivity contribution in [3.8, 4) is 0 Å². The Balaban J connectivity index is 4.26. The quantitative estimate of drug-likeness (QED) is 0.0283. The molecule has 2 atom stereocenters. The van der Waals surface area contributed by atoms with E-state index >= 15 is 0 Å². The SMILES string of the molecule is CC/C=C\C/C=C\C/C=C\CCCCCCCC(=O)OC(COCCC(C(=O)O)[N+](C)(C)C)COC(=O)CCCCCCCCCCCCCCCCCCCCC. The maximum Gasteiger partial charge on any atom is 0.362 e. The second-order valence-corrected chi connectivity index (χ2v) is 17.3. The van der Waals surface area contributed by atoms with Crippen LogP contribution in [0.2, 0.25) is 0 Å². The molecule has 1 N–H and O–H groups in total. The third-order valence-corrected chi connectivity index (χ3v) is 10.8. The van der Waals surface area contributed by atoms with Crippen LogP contribution in [-0.4, -0.2) is 80.6 Å². The number of ether oxygens (including phenoxy) is 3. The molecule has 0 aromatic carbocycles. The zero-order valence-electron chi connectivity index (χ0n) is 38.5. The molecule has 0 bridgehead atoms. The highest BCUT2D eigenvalue weighted by atomic mass is 16.6. The number of aliphatic carboxylic acids is 1. The number of unbranched alkanes of at least 4 members (excludes halogenated alkanes) is 23. The van der Waals surface area contributed by atoms with Crippen LogP contribution in [0.5, 0.6) is 0 Å². The Morgan fingerprint density at radius 1 is 0.534 bits per heavy atom. The average Bonchev–Trinajstić information content (AvgIpc) is 3.18. The van der Waals surface area contributed by atoms with E-state index in [-0.39, 0.29) is 36.2 Å². The lowest BCUT2D eigenvalue weighted by Gasteiger charge is -2.31. The smallest absolute Gasteiger partial charge is 0.362 e. The number of carboxylic acids is 1. The number of esters is 2. The van der Waals surface area contributed by atoms with Crippen LogP contribution in [0, 0.1) is 0 Å². The zero-order chi connectivity index (χ0) is 42.8. The molecule has 0 amide bonds. The van der Waals surface area contributed by atoms with E-state index < -0.39 is 18.1 Å². The fraction of sp³-hybridized carbons (Fsp3) is 0.820. The summed E-state index contributed by atoms with van der Waals surface area (Å²) in [7, 11) is 5.53. The van der Waals surface area contributed by atoms with Crippen LogP contribution in [-0.2, 0) is 28.6 Å². The molecule has 0 radical (unpaired) electrons. The summed E-state index contributed by atoms with van der Waals surface area (Å²) in [5.74, 6) is -1.48. The fourth-order valence-corrected chi connectivity index (χ4v) is 7.11. The number of hydrogen-bond acceptors (Lipinski definition) is 6. The molecule has 0 rings (SSSR count). The van der Waals surface area contributed by atoms with Crippen LogP contribution in [0.1, 0.15) is 213 Å². The van der Waals surface area contributed by atoms with E-state index in [0.29, 0.717) is 19.3 Å². The predicted octanol–water partition coefficient (Wildman–Crippen LogP) is 13.4. The highest BCUT2D eigenvalue weighted by Crippen LogP contribution is 2.16. The summed E-state index contributed by atoms with van der Waals surface area (Å²) in [5, 5.41) is 9.63. The number of rotatable bonds is 43. The van der Waals surface area contributed by atoms with Gasteiger partial charge in [0.1, 0.15) is 6.61 Å². The van der Waals surface area contributed by atoms with Crippen molar-refractivity contribution in [2.24, 2.45) is 0 Å². The summed E-state index contributed by atoms with van der Waals surface area (Å²) in [5.41, 5.74) is 0. The summed E-state index contributed by atoms with van der Waals surface area (Å²) < 4.78 is 17.3. The lowest BCUT2D eigenvalue weighted by Crippen LogP contribution is -2.50. The minimum absolute atomic E-state index is 0.0550. The van der Waals surface area contributed by atoms with Crippen molar-refractivity contribution in [3.63, 3.8) is 0 Å². The maximum absolute atomic E-state index is 12.7. The molecule has 0 aromatic heterocycles. The highest BCUT2D eigenvalue weighted by Gasteiger charge is 2.31. The Kier molecular flexibility index (Phi) is 39.5. The minimum atomic E-state index is -0.877. The number of allylic oxidation sites excluding steroid dienone is 6. The standard InChI is InChI=1S/C50H91NO7/c1-6-8-10-12-14-16-18-20-22-23-24-25-27-28-30-32-34-36-38-40-48(52)57-45-46(44-56-43-42-47(50(54)55)51(3,4)5)58-49(53)41-39-37-35-33-31-29-26-21-19-17-15-13-11-9-7-2/h9,11,15,17,21,26,46-47H,6-8,10,12-14,16,18-20,22-25,27-45H2,1-5H3/p+1/b11-9-,17-15-,26-21-. The lowest BCUT2D eigenvalue weighted by molar-refractivity contribution is -0.887. The van der Waals surface area contributed by atoms with Gasteiger partial charge in [0.05, 0.1) is 34.4 Å². The molecule has 0 aliphatic heterocycles. The topological polar surface area (TPSA) is 99.1 Å². The maximum atomic E-state index is 12.7. The number of quaternary nitrogens is 1. The second kappa shape index (κ2) is 41.3. The molecule has 0 aliphatic carbocycles. The molecule has 0 aromatic rings. The molecule has 0 aliphatic rings. The average molecular weight is 819 g/mol. The van der Waals surface area contributed by atoms with Crippen LogP contribution in [0.25, 0.3) is 0 Å². The van der Waals surface area contributed by atoms with Crippen molar-refractivity contribution >= 4 is 17.9 Å². The van der Waals surface area contributed by atoms with Gasteiger partial charge in [-0.3, -0.25) is 9.59 Å². The monoisotopic (exact) mass is 819 g/mol. The lowest BCUT2D eigenvalue weighted by atomic mass is 10.0. The number of hydrogen-bond donors (Lipinski definition) is 1. The van der Waals surface area contributed by atoms with E-state index in [0.717, 1.165) is 77.0 Å². The van der Waals surface area contributed by atoms with E-state index in [1.54, 1.807) is 0 Å². The molecule has 338 valence electrons. The molecule has 0 heterocycles. The first kappa shape index (κ1) is 55.5. The molecule has 8 heteroatoms. The van der Waals surface area contributed by atoms with Gasteiger partial charge in [0.15, 0.2) is 12.1 Å². The number of carboxylic acid groups (broad SMARTS) is 1. The summed E-state index contributed by atoms with van der Waals surface area (Å²) >= 11 is 0. The molecule has 8 nitrogen and oxygen atoms in total. The van der Waals surface area contributed by atoms with E-state index in [2.05, 4.69) is 50.3 Å². The predicted molar refractivity (Wildman–Crippen MR) is 243 cm³/mol. The van der Waals surface area contributed by atoms with Crippen LogP contribution < -0.4 is 0 Å². The zero-order valence-corrected chi connectivity index (χ0v) is 38.5. The van der Waals surface area contributed by atoms with Crippen LogP contribution in [0.4, 0.5) is 0 Å². The first-order valence-corrected chi connectivity index (χ1v) is 24.0. The van der Waals surface area contributed by atoms with Gasteiger partial charge in [0, 0.05) is 19.3 Å². The Hall–Kier alpha value is -2.45. The van der Waals surface area contributed by atoms with Crippen LogP contribution in [0.15, 0.2) is 36.5 Å². The van der Waals surface area contributed by atoms with Gasteiger partial charge in [0.2, 0.25) is 0 Å². The van der Waals surface area contributed by atoms with Gasteiger partial charge in [-0.1, -0.05) is 185 Å². The molecular formula is C50H92NO7+. The van der Waals surface area contributed by atoms with Gasteiger partial charge in [-0.15, -0.1) is 0 Å². The van der Waals surface area contributed by atoms with Crippen LogP contribution in [0.3, 0.4) is 0 Å². The Labute approximate surface area is 357 Å². The molecule has 0 saturated heterocycles. The van der Waals surface area contributed by atoms with Crippen molar-refractivity contribution < 1.29 is 38.2 Å². The molecule has 0 spiro atoms. The summed E-state index contributed by atoms with van der Waals surface area (Å²) in [6, 6.07) is -0.616. The Morgan fingerprint density at radius 2 is 0.966 bits per heavy atom. The molecule has 2 unspecified atom stereocenters. The van der Waals surface area contributed by atoms with Crippen molar-refractivity contribution in [2.75, 3.05) is 41.0 Å². The molecule has 0 saturated carbocycles. The van der Waals surface area contributed by atoms with E-state index in [1.807, 2.05) is 21.1 Å². The Morgan fingerprint density at radius 3 is 1.43 bits per heavy atom. The van der Waals surface area contributed by atoms with Gasteiger partial charge < -0.3 is 23.8 Å². The Bertz CT molecular complexity index is 1050. The van der Waals surface area contributed by atoms with E-state index in [1.165, 1.54) is 103 Å². The van der Waals surface area contributed by atoms with Crippen molar-refractivity contribution in [1.82, 2.24) is 0 Å². The van der Waals surface area contributed by atoms with Gasteiger partial charge >= 0.3 is 17.9 Å². The first-order valence-electron chi connectivity index (χ1n) is 24.0. The van der Waals surface area contributed by atoms with Gasteiger partial charge in [-0.25, -0.2) is 4.79 Å². The minimum Gasteiger partial charge on any atom is -0.477 e. The normalized spacial score (nSPS) is 13.2. The summed E-state index contributed by atoms with van der Waals surface area (Å²) in [6.45, 7) is 4.63. The van der Waals surface area contributed by atoms with Crippen LogP contribution >= 0.6 is 0 Å². The largest absolute Gasteiger partial charge is 0.477 e. The third kappa shape index (κ3) is 39.0. The molecule has 0 fully saturated rings. The first-order chi connectivity index (χ1) is 28.1. The highest BCUT2D eigenvalue weighted by molar-refractivity contribution is 5.72. The van der Waals surface area contributed by atoms with E-state index in [4.69, 9.17) is 14.2 Å². The summed E-state index contributed by atoms with van der Waals surface area (Å²) in [6.07, 6.45) is 47.6. The number of nitrogens with zero attached hydrogens (tertiary/aromatic N) is 1.